The SMILES string of the molecule is Cc1nc(C2CN(C(C)C)CCO2)nc(N)c1C(C)C. The Morgan fingerprint density at radius 2 is 1.95 bits per heavy atom. The van der Waals surface area contributed by atoms with E-state index in [-0.39, 0.29) is 6.10 Å². The number of nitrogens with two attached hydrogens (primary N) is 1. The van der Waals surface area contributed by atoms with Gasteiger partial charge in [0.2, 0.25) is 0 Å². The quantitative estimate of drug-likeness (QED) is 0.919. The molecule has 1 aromatic heterocycles. The minimum atomic E-state index is -0.0756. The molecule has 2 heterocycles. The molecule has 1 saturated heterocycles. The standard InChI is InChI=1S/C15H26N4O/c1-9(2)13-11(5)17-15(18-14(13)16)12-8-19(10(3)4)6-7-20-12/h9-10,12H,6-8H2,1-5H3,(H2,16,17,18). The molecule has 112 valence electrons. The summed E-state index contributed by atoms with van der Waals surface area (Å²) in [4.78, 5) is 11.5. The topological polar surface area (TPSA) is 64.3 Å². The maximum absolute atomic E-state index is 6.10. The molecule has 1 aliphatic heterocycles. The molecule has 1 aromatic rings. The van der Waals surface area contributed by atoms with Crippen LogP contribution in [0.2, 0.25) is 0 Å². The first-order valence-electron chi connectivity index (χ1n) is 7.39. The molecule has 1 unspecified atom stereocenters. The number of morpholine rings is 1. The van der Waals surface area contributed by atoms with Crippen LogP contribution in [0.1, 0.15) is 56.8 Å². The highest BCUT2D eigenvalue weighted by atomic mass is 16.5. The molecule has 1 fully saturated rings. The zero-order valence-corrected chi connectivity index (χ0v) is 13.2. The molecule has 0 radical (unpaired) electrons. The number of ether oxygens (including phenoxy) is 1. The summed E-state index contributed by atoms with van der Waals surface area (Å²) in [5.41, 5.74) is 8.12. The summed E-state index contributed by atoms with van der Waals surface area (Å²) in [6.45, 7) is 13.1. The monoisotopic (exact) mass is 278 g/mol. The van der Waals surface area contributed by atoms with Gasteiger partial charge in [-0.05, 0) is 26.7 Å². The molecule has 20 heavy (non-hydrogen) atoms. The van der Waals surface area contributed by atoms with Gasteiger partial charge in [0.05, 0.1) is 6.61 Å². The molecule has 0 bridgehead atoms. The molecule has 0 saturated carbocycles. The van der Waals surface area contributed by atoms with Gasteiger partial charge in [-0.1, -0.05) is 13.8 Å². The predicted octanol–water partition coefficient (Wildman–Crippen LogP) is 2.27. The van der Waals surface area contributed by atoms with Crippen molar-refractivity contribution < 1.29 is 4.74 Å². The average Bonchev–Trinajstić information content (AvgIpc) is 2.37. The van der Waals surface area contributed by atoms with E-state index in [9.17, 15) is 0 Å². The van der Waals surface area contributed by atoms with E-state index in [0.29, 0.717) is 17.8 Å². The number of nitrogens with zero attached hydrogens (tertiary/aromatic N) is 3. The number of hydrogen-bond acceptors (Lipinski definition) is 5. The van der Waals surface area contributed by atoms with Gasteiger partial charge < -0.3 is 10.5 Å². The smallest absolute Gasteiger partial charge is 0.161 e. The van der Waals surface area contributed by atoms with Gasteiger partial charge >= 0.3 is 0 Å². The number of hydrogen-bond donors (Lipinski definition) is 1. The van der Waals surface area contributed by atoms with Crippen LogP contribution in [0.3, 0.4) is 0 Å². The highest BCUT2D eigenvalue weighted by Crippen LogP contribution is 2.27. The Morgan fingerprint density at radius 3 is 2.50 bits per heavy atom. The molecule has 5 nitrogen and oxygen atoms in total. The lowest BCUT2D eigenvalue weighted by molar-refractivity contribution is -0.0443. The first-order valence-corrected chi connectivity index (χ1v) is 7.39. The van der Waals surface area contributed by atoms with Crippen molar-refractivity contribution in [2.75, 3.05) is 25.4 Å². The van der Waals surface area contributed by atoms with Crippen molar-refractivity contribution in [2.24, 2.45) is 0 Å². The van der Waals surface area contributed by atoms with Gasteiger partial charge in [0.15, 0.2) is 5.82 Å². The Bertz CT molecular complexity index is 450. The molecule has 0 amide bonds. The Labute approximate surface area is 121 Å². The van der Waals surface area contributed by atoms with Crippen molar-refractivity contribution in [3.05, 3.63) is 17.1 Å². The molecule has 2 rings (SSSR count). The van der Waals surface area contributed by atoms with Crippen molar-refractivity contribution in [3.8, 4) is 0 Å². The van der Waals surface area contributed by atoms with E-state index in [1.807, 2.05) is 6.92 Å². The van der Waals surface area contributed by atoms with Crippen molar-refractivity contribution in [1.29, 1.82) is 0 Å². The van der Waals surface area contributed by atoms with E-state index in [2.05, 4.69) is 42.6 Å². The second kappa shape index (κ2) is 6.06. The lowest BCUT2D eigenvalue weighted by Crippen LogP contribution is -2.42. The van der Waals surface area contributed by atoms with Gasteiger partial charge in [0.25, 0.3) is 0 Å². The number of rotatable bonds is 3. The number of nitrogen functional groups attached to an aromatic ring is 1. The van der Waals surface area contributed by atoms with Gasteiger partial charge in [-0.15, -0.1) is 0 Å². The zero-order valence-electron chi connectivity index (χ0n) is 13.2. The van der Waals surface area contributed by atoms with E-state index < -0.39 is 0 Å². The highest BCUT2D eigenvalue weighted by Gasteiger charge is 2.26. The van der Waals surface area contributed by atoms with Crippen LogP contribution in [-0.4, -0.2) is 40.6 Å². The third-order valence-electron chi connectivity index (χ3n) is 3.88. The lowest BCUT2D eigenvalue weighted by atomic mass is 10.0. The van der Waals surface area contributed by atoms with E-state index in [4.69, 9.17) is 10.5 Å². The van der Waals surface area contributed by atoms with Gasteiger partial charge in [0, 0.05) is 30.4 Å². The van der Waals surface area contributed by atoms with Crippen molar-refractivity contribution in [2.45, 2.75) is 52.7 Å². The Hall–Kier alpha value is -1.20. The normalized spacial score (nSPS) is 20.9. The molecule has 1 atom stereocenters. The fraction of sp³-hybridized carbons (Fsp3) is 0.733. The fourth-order valence-electron chi connectivity index (χ4n) is 2.78. The summed E-state index contributed by atoms with van der Waals surface area (Å²) in [6.07, 6.45) is -0.0756. The second-order valence-electron chi connectivity index (χ2n) is 6.07. The number of aromatic nitrogens is 2. The predicted molar refractivity (Wildman–Crippen MR) is 80.7 cm³/mol. The van der Waals surface area contributed by atoms with Crippen LogP contribution in [0.4, 0.5) is 5.82 Å². The van der Waals surface area contributed by atoms with Crippen LogP contribution in [0.5, 0.6) is 0 Å². The first kappa shape index (κ1) is 15.2. The molecule has 5 heteroatoms. The lowest BCUT2D eigenvalue weighted by Gasteiger charge is -2.35. The van der Waals surface area contributed by atoms with Gasteiger partial charge in [-0.3, -0.25) is 4.90 Å². The number of anilines is 1. The zero-order chi connectivity index (χ0) is 14.9. The minimum absolute atomic E-state index is 0.0756. The van der Waals surface area contributed by atoms with Gasteiger partial charge in [-0.2, -0.15) is 0 Å². The summed E-state index contributed by atoms with van der Waals surface area (Å²) in [7, 11) is 0. The van der Waals surface area contributed by atoms with Crippen molar-refractivity contribution in [1.82, 2.24) is 14.9 Å². The number of aryl methyl sites for hydroxylation is 1. The molecule has 2 N–H and O–H groups in total. The Balaban J connectivity index is 2.25. The largest absolute Gasteiger partial charge is 0.383 e. The highest BCUT2D eigenvalue weighted by molar-refractivity contribution is 5.44. The molecule has 0 spiro atoms. The summed E-state index contributed by atoms with van der Waals surface area (Å²) < 4.78 is 5.83. The molecule has 1 aliphatic rings. The van der Waals surface area contributed by atoms with Crippen LogP contribution < -0.4 is 5.73 Å². The van der Waals surface area contributed by atoms with E-state index >= 15 is 0 Å². The van der Waals surface area contributed by atoms with Crippen LogP contribution in [-0.2, 0) is 4.74 Å². The van der Waals surface area contributed by atoms with Crippen molar-refractivity contribution >= 4 is 5.82 Å². The molecular formula is C15H26N4O. The summed E-state index contributed by atoms with van der Waals surface area (Å²) in [5.74, 6) is 1.64. The van der Waals surface area contributed by atoms with Crippen LogP contribution in [0, 0.1) is 6.92 Å². The maximum atomic E-state index is 6.10. The fourth-order valence-corrected chi connectivity index (χ4v) is 2.78. The van der Waals surface area contributed by atoms with Gasteiger partial charge in [-0.25, -0.2) is 9.97 Å². The summed E-state index contributed by atoms with van der Waals surface area (Å²) >= 11 is 0. The Morgan fingerprint density at radius 1 is 1.25 bits per heavy atom. The minimum Gasteiger partial charge on any atom is -0.383 e. The third-order valence-corrected chi connectivity index (χ3v) is 3.88. The summed E-state index contributed by atoms with van der Waals surface area (Å²) in [5, 5.41) is 0. The van der Waals surface area contributed by atoms with Crippen molar-refractivity contribution in [3.63, 3.8) is 0 Å². The average molecular weight is 278 g/mol. The first-order chi connectivity index (χ1) is 9.40. The maximum Gasteiger partial charge on any atom is 0.161 e. The summed E-state index contributed by atoms with van der Waals surface area (Å²) in [6, 6.07) is 0.509. The Kier molecular flexibility index (Phi) is 4.60. The van der Waals surface area contributed by atoms with E-state index in [1.165, 1.54) is 0 Å². The van der Waals surface area contributed by atoms with Crippen LogP contribution >= 0.6 is 0 Å². The second-order valence-corrected chi connectivity index (χ2v) is 6.07. The van der Waals surface area contributed by atoms with E-state index in [0.717, 1.165) is 36.8 Å². The van der Waals surface area contributed by atoms with Crippen LogP contribution in [0.15, 0.2) is 0 Å². The third kappa shape index (κ3) is 3.10. The van der Waals surface area contributed by atoms with Crippen LogP contribution in [0.25, 0.3) is 0 Å². The molecule has 0 aliphatic carbocycles. The molecule has 0 aromatic carbocycles. The van der Waals surface area contributed by atoms with E-state index in [1.54, 1.807) is 0 Å². The van der Waals surface area contributed by atoms with Gasteiger partial charge in [0.1, 0.15) is 11.9 Å². The molecular weight excluding hydrogens is 252 g/mol.